The van der Waals surface area contributed by atoms with Crippen LogP contribution in [0.2, 0.25) is 0 Å². The molecule has 30 heavy (non-hydrogen) atoms. The first-order valence-corrected chi connectivity index (χ1v) is 9.71. The normalized spacial score (nSPS) is 17.5. The number of nitrogens with zero attached hydrogens (tertiary/aromatic N) is 1. The highest BCUT2D eigenvalue weighted by atomic mass is 16.3. The number of hydrogen-bond donors (Lipinski definition) is 2. The molecule has 0 unspecified atom stereocenters. The van der Waals surface area contributed by atoms with Gasteiger partial charge >= 0.3 is 0 Å². The summed E-state index contributed by atoms with van der Waals surface area (Å²) in [5.41, 5.74) is 0.997. The van der Waals surface area contributed by atoms with Crippen LogP contribution < -0.4 is 10.2 Å². The SMILES string of the molecule is C=C(C[C@]1(O)C(=O)N(Cc2ccccc2)c2ccccc21)C(=O)Nc1ccccc1. The zero-order valence-corrected chi connectivity index (χ0v) is 16.4. The predicted molar refractivity (Wildman–Crippen MR) is 117 cm³/mol. The number of para-hydroxylation sites is 2. The second-order valence-electron chi connectivity index (χ2n) is 7.35. The van der Waals surface area contributed by atoms with Gasteiger partial charge in [-0.3, -0.25) is 9.59 Å². The minimum Gasteiger partial charge on any atom is -0.375 e. The molecule has 0 saturated heterocycles. The topological polar surface area (TPSA) is 69.6 Å². The van der Waals surface area contributed by atoms with Gasteiger partial charge in [0.1, 0.15) is 0 Å². The molecule has 0 bridgehead atoms. The summed E-state index contributed by atoms with van der Waals surface area (Å²) in [6, 6.07) is 25.7. The van der Waals surface area contributed by atoms with Gasteiger partial charge in [-0.15, -0.1) is 0 Å². The van der Waals surface area contributed by atoms with Crippen LogP contribution in [0.3, 0.4) is 0 Å². The number of nitrogens with one attached hydrogen (secondary N) is 1. The standard InChI is InChI=1S/C25H22N2O3/c1-18(23(28)26-20-12-6-3-7-13-20)16-25(30)21-14-8-9-15-22(21)27(24(25)29)17-19-10-4-2-5-11-19/h2-15,30H,1,16-17H2,(H,26,28)/t25-/m1/s1. The predicted octanol–water partition coefficient (Wildman–Crippen LogP) is 4.01. The van der Waals surface area contributed by atoms with E-state index >= 15 is 0 Å². The highest BCUT2D eigenvalue weighted by Crippen LogP contribution is 2.44. The fourth-order valence-electron chi connectivity index (χ4n) is 3.73. The van der Waals surface area contributed by atoms with Gasteiger partial charge in [0.25, 0.3) is 11.8 Å². The summed E-state index contributed by atoms with van der Waals surface area (Å²) in [6.07, 6.45) is -0.188. The maximum atomic E-state index is 13.3. The molecule has 5 heteroatoms. The van der Waals surface area contributed by atoms with E-state index in [4.69, 9.17) is 0 Å². The number of hydrogen-bond acceptors (Lipinski definition) is 3. The van der Waals surface area contributed by atoms with E-state index in [9.17, 15) is 14.7 Å². The van der Waals surface area contributed by atoms with Crippen molar-refractivity contribution in [3.63, 3.8) is 0 Å². The van der Waals surface area contributed by atoms with E-state index in [0.717, 1.165) is 5.56 Å². The van der Waals surface area contributed by atoms with Gasteiger partial charge < -0.3 is 15.3 Å². The van der Waals surface area contributed by atoms with Crippen molar-refractivity contribution in [2.24, 2.45) is 0 Å². The van der Waals surface area contributed by atoms with E-state index in [1.165, 1.54) is 0 Å². The molecule has 1 aliphatic rings. The molecule has 0 fully saturated rings. The Labute approximate surface area is 175 Å². The van der Waals surface area contributed by atoms with Crippen LogP contribution in [0.15, 0.2) is 97.1 Å². The van der Waals surface area contributed by atoms with Gasteiger partial charge in [-0.1, -0.05) is 73.3 Å². The number of anilines is 2. The van der Waals surface area contributed by atoms with Crippen molar-refractivity contribution in [1.29, 1.82) is 0 Å². The molecule has 0 aliphatic carbocycles. The Hall–Kier alpha value is -3.70. The molecule has 2 N–H and O–H groups in total. The highest BCUT2D eigenvalue weighted by molar-refractivity contribution is 6.09. The van der Waals surface area contributed by atoms with Crippen LogP contribution in [0.25, 0.3) is 0 Å². The van der Waals surface area contributed by atoms with Crippen molar-refractivity contribution >= 4 is 23.2 Å². The van der Waals surface area contributed by atoms with Crippen molar-refractivity contribution in [3.05, 3.63) is 108 Å². The molecule has 1 atom stereocenters. The smallest absolute Gasteiger partial charge is 0.264 e. The Morgan fingerprint density at radius 1 is 0.933 bits per heavy atom. The van der Waals surface area contributed by atoms with Crippen molar-refractivity contribution in [3.8, 4) is 0 Å². The summed E-state index contributed by atoms with van der Waals surface area (Å²) in [5, 5.41) is 14.2. The van der Waals surface area contributed by atoms with Crippen LogP contribution in [0.5, 0.6) is 0 Å². The van der Waals surface area contributed by atoms with Gasteiger partial charge in [-0.25, -0.2) is 0 Å². The zero-order chi connectivity index (χ0) is 21.1. The summed E-state index contributed by atoms with van der Waals surface area (Å²) in [4.78, 5) is 27.5. The lowest BCUT2D eigenvalue weighted by molar-refractivity contribution is -0.136. The average molecular weight is 398 g/mol. The van der Waals surface area contributed by atoms with Crippen LogP contribution in [-0.4, -0.2) is 16.9 Å². The molecule has 4 rings (SSSR count). The molecule has 0 radical (unpaired) electrons. The molecule has 0 aromatic heterocycles. The third-order valence-electron chi connectivity index (χ3n) is 5.24. The maximum Gasteiger partial charge on any atom is 0.264 e. The number of carbonyl (C=O) groups is 2. The Bertz CT molecular complexity index is 1100. The van der Waals surface area contributed by atoms with Crippen LogP contribution in [0.1, 0.15) is 17.5 Å². The van der Waals surface area contributed by atoms with Gasteiger partial charge in [-0.2, -0.15) is 0 Å². The van der Waals surface area contributed by atoms with Gasteiger partial charge in [0.05, 0.1) is 12.2 Å². The van der Waals surface area contributed by atoms with Crippen LogP contribution in [-0.2, 0) is 21.7 Å². The summed E-state index contributed by atoms with van der Waals surface area (Å²) in [6.45, 7) is 4.17. The van der Waals surface area contributed by atoms with Crippen molar-refractivity contribution in [1.82, 2.24) is 0 Å². The van der Waals surface area contributed by atoms with Gasteiger partial charge in [-0.05, 0) is 23.8 Å². The van der Waals surface area contributed by atoms with Crippen LogP contribution >= 0.6 is 0 Å². The van der Waals surface area contributed by atoms with E-state index in [-0.39, 0.29) is 12.0 Å². The lowest BCUT2D eigenvalue weighted by Gasteiger charge is -2.24. The number of benzene rings is 3. The molecule has 3 aromatic carbocycles. The first-order valence-electron chi connectivity index (χ1n) is 9.71. The molecule has 2 amide bonds. The number of rotatable bonds is 6. The van der Waals surface area contributed by atoms with E-state index in [0.29, 0.717) is 23.5 Å². The summed E-state index contributed by atoms with van der Waals surface area (Å²) in [7, 11) is 0. The summed E-state index contributed by atoms with van der Waals surface area (Å²) >= 11 is 0. The molecule has 0 saturated carbocycles. The van der Waals surface area contributed by atoms with Crippen LogP contribution in [0, 0.1) is 0 Å². The lowest BCUT2D eigenvalue weighted by atomic mass is 9.88. The van der Waals surface area contributed by atoms with E-state index in [1.807, 2.05) is 54.6 Å². The van der Waals surface area contributed by atoms with Gasteiger partial charge in [0.2, 0.25) is 0 Å². The Morgan fingerprint density at radius 3 is 2.23 bits per heavy atom. The van der Waals surface area contributed by atoms with Crippen molar-refractivity contribution in [2.75, 3.05) is 10.2 Å². The second kappa shape index (κ2) is 7.97. The second-order valence-corrected chi connectivity index (χ2v) is 7.35. The monoisotopic (exact) mass is 398 g/mol. The molecule has 0 spiro atoms. The molecular weight excluding hydrogens is 376 g/mol. The molecular formula is C25H22N2O3. The number of carbonyl (C=O) groups excluding carboxylic acids is 2. The average Bonchev–Trinajstić information content (AvgIpc) is 2.97. The minimum atomic E-state index is -1.84. The molecule has 1 heterocycles. The lowest BCUT2D eigenvalue weighted by Crippen LogP contribution is -2.41. The molecule has 1 aliphatic heterocycles. The Morgan fingerprint density at radius 2 is 1.53 bits per heavy atom. The number of amides is 2. The summed E-state index contributed by atoms with van der Waals surface area (Å²) < 4.78 is 0. The molecule has 5 nitrogen and oxygen atoms in total. The van der Waals surface area contributed by atoms with E-state index in [2.05, 4.69) is 11.9 Å². The highest BCUT2D eigenvalue weighted by Gasteiger charge is 2.50. The molecule has 150 valence electrons. The molecule has 3 aromatic rings. The zero-order valence-electron chi connectivity index (χ0n) is 16.4. The third kappa shape index (κ3) is 3.63. The van der Waals surface area contributed by atoms with Gasteiger partial charge in [0.15, 0.2) is 5.60 Å². The largest absolute Gasteiger partial charge is 0.375 e. The first kappa shape index (κ1) is 19.6. The maximum absolute atomic E-state index is 13.3. The van der Waals surface area contributed by atoms with Crippen molar-refractivity contribution < 1.29 is 14.7 Å². The van der Waals surface area contributed by atoms with E-state index < -0.39 is 17.4 Å². The Kier molecular flexibility index (Phi) is 5.21. The number of fused-ring (bicyclic) bond motifs is 1. The quantitative estimate of drug-likeness (QED) is 0.617. The fourth-order valence-corrected chi connectivity index (χ4v) is 3.73. The fraction of sp³-hybridized carbons (Fsp3) is 0.120. The van der Waals surface area contributed by atoms with Gasteiger partial charge in [0, 0.05) is 23.2 Å². The van der Waals surface area contributed by atoms with E-state index in [1.54, 1.807) is 35.2 Å². The third-order valence-corrected chi connectivity index (χ3v) is 5.24. The number of aliphatic hydroxyl groups is 1. The van der Waals surface area contributed by atoms with Crippen LogP contribution in [0.4, 0.5) is 11.4 Å². The Balaban J connectivity index is 1.58. The summed E-state index contributed by atoms with van der Waals surface area (Å²) in [5.74, 6) is -0.886. The van der Waals surface area contributed by atoms with Crippen molar-refractivity contribution in [2.45, 2.75) is 18.6 Å². The first-order chi connectivity index (χ1) is 14.5. The minimum absolute atomic E-state index is 0.131.